The molecule has 2 amide bonds. The Morgan fingerprint density at radius 3 is 2.81 bits per heavy atom. The summed E-state index contributed by atoms with van der Waals surface area (Å²) in [7, 11) is 0. The molecule has 2 aromatic heterocycles. The SMILES string of the molecule is O=C(Nc1ccc(=O)[nH]c1)c1occc1CN1C(=O)Cc2ccccc21. The summed E-state index contributed by atoms with van der Waals surface area (Å²) in [6.45, 7) is 0.251. The summed E-state index contributed by atoms with van der Waals surface area (Å²) in [5.41, 5.74) is 2.62. The molecule has 26 heavy (non-hydrogen) atoms. The van der Waals surface area contributed by atoms with Crippen molar-refractivity contribution in [1.82, 2.24) is 4.98 Å². The standard InChI is InChI=1S/C19H15N3O4/c23-16-6-5-14(10-20-16)21-19(25)18-13(7-8-26-18)11-22-15-4-2-1-3-12(15)9-17(22)24/h1-8,10H,9,11H2,(H,20,23)(H,21,25). The van der Waals surface area contributed by atoms with Crippen molar-refractivity contribution in [3.05, 3.63) is 82.2 Å². The largest absolute Gasteiger partial charge is 0.459 e. The van der Waals surface area contributed by atoms with Crippen molar-refractivity contribution in [2.45, 2.75) is 13.0 Å². The fourth-order valence-corrected chi connectivity index (χ4v) is 3.00. The molecule has 0 radical (unpaired) electrons. The number of amides is 2. The number of furan rings is 1. The topological polar surface area (TPSA) is 95.4 Å². The molecule has 0 atom stereocenters. The highest BCUT2D eigenvalue weighted by Crippen LogP contribution is 2.30. The molecule has 2 N–H and O–H groups in total. The van der Waals surface area contributed by atoms with Crippen molar-refractivity contribution >= 4 is 23.2 Å². The van der Waals surface area contributed by atoms with E-state index in [4.69, 9.17) is 4.42 Å². The van der Waals surface area contributed by atoms with Gasteiger partial charge in [-0.1, -0.05) is 18.2 Å². The van der Waals surface area contributed by atoms with Gasteiger partial charge in [-0.25, -0.2) is 0 Å². The maximum atomic E-state index is 12.5. The molecule has 7 nitrogen and oxygen atoms in total. The lowest BCUT2D eigenvalue weighted by atomic mass is 10.1. The first-order chi connectivity index (χ1) is 12.6. The van der Waals surface area contributed by atoms with Crippen LogP contribution in [0.1, 0.15) is 21.7 Å². The van der Waals surface area contributed by atoms with Gasteiger partial charge in [0, 0.05) is 23.5 Å². The number of para-hydroxylation sites is 1. The number of nitrogens with zero attached hydrogens (tertiary/aromatic N) is 1. The molecule has 1 aliphatic rings. The minimum absolute atomic E-state index is 0.0145. The monoisotopic (exact) mass is 349 g/mol. The molecule has 0 spiro atoms. The van der Waals surface area contributed by atoms with E-state index in [1.807, 2.05) is 24.3 Å². The van der Waals surface area contributed by atoms with Crippen LogP contribution in [0.3, 0.4) is 0 Å². The molecule has 0 unspecified atom stereocenters. The first-order valence-electron chi connectivity index (χ1n) is 8.06. The zero-order valence-electron chi connectivity index (χ0n) is 13.7. The minimum Gasteiger partial charge on any atom is -0.459 e. The number of hydrogen-bond acceptors (Lipinski definition) is 4. The van der Waals surface area contributed by atoms with Gasteiger partial charge in [0.05, 0.1) is 24.9 Å². The first kappa shape index (κ1) is 15.9. The van der Waals surface area contributed by atoms with Crippen molar-refractivity contribution in [1.29, 1.82) is 0 Å². The lowest BCUT2D eigenvalue weighted by Gasteiger charge is -2.17. The second-order valence-corrected chi connectivity index (χ2v) is 5.96. The number of aromatic nitrogens is 1. The van der Waals surface area contributed by atoms with Crippen LogP contribution in [-0.2, 0) is 17.8 Å². The molecule has 0 saturated heterocycles. The van der Waals surface area contributed by atoms with Crippen LogP contribution in [0.2, 0.25) is 0 Å². The second kappa shape index (κ2) is 6.36. The fourth-order valence-electron chi connectivity index (χ4n) is 3.00. The lowest BCUT2D eigenvalue weighted by Crippen LogP contribution is -2.27. The van der Waals surface area contributed by atoms with E-state index >= 15 is 0 Å². The molecule has 0 fully saturated rings. The Labute approximate surface area is 148 Å². The molecule has 0 aliphatic carbocycles. The predicted octanol–water partition coefficient (Wildman–Crippen LogP) is 2.31. The first-order valence-corrected chi connectivity index (χ1v) is 8.06. The van der Waals surface area contributed by atoms with E-state index in [9.17, 15) is 14.4 Å². The maximum absolute atomic E-state index is 12.5. The maximum Gasteiger partial charge on any atom is 0.291 e. The van der Waals surface area contributed by atoms with Gasteiger partial charge in [-0.15, -0.1) is 0 Å². The molecule has 1 aliphatic heterocycles. The van der Waals surface area contributed by atoms with Crippen molar-refractivity contribution in [3.63, 3.8) is 0 Å². The molecule has 0 bridgehead atoms. The van der Waals surface area contributed by atoms with Gasteiger partial charge in [-0.3, -0.25) is 14.4 Å². The molecule has 4 rings (SSSR count). The summed E-state index contributed by atoms with van der Waals surface area (Å²) >= 11 is 0. The molecule has 0 saturated carbocycles. The molecule has 3 heterocycles. The average molecular weight is 349 g/mol. The van der Waals surface area contributed by atoms with Gasteiger partial charge in [0.1, 0.15) is 0 Å². The summed E-state index contributed by atoms with van der Waals surface area (Å²) in [5.74, 6) is -0.329. The second-order valence-electron chi connectivity index (χ2n) is 5.96. The van der Waals surface area contributed by atoms with E-state index in [0.717, 1.165) is 11.3 Å². The van der Waals surface area contributed by atoms with Gasteiger partial charge >= 0.3 is 0 Å². The van der Waals surface area contributed by atoms with Gasteiger partial charge in [0.2, 0.25) is 11.5 Å². The van der Waals surface area contributed by atoms with Crippen LogP contribution in [0, 0.1) is 0 Å². The van der Waals surface area contributed by atoms with Crippen LogP contribution < -0.4 is 15.8 Å². The number of fused-ring (bicyclic) bond motifs is 1. The number of carbonyl (C=O) groups is 2. The highest BCUT2D eigenvalue weighted by molar-refractivity contribution is 6.04. The molecule has 1 aromatic carbocycles. The molecule has 7 heteroatoms. The van der Waals surface area contributed by atoms with Crippen molar-refractivity contribution in [2.75, 3.05) is 10.2 Å². The number of H-pyrrole nitrogens is 1. The Balaban J connectivity index is 1.56. The van der Waals surface area contributed by atoms with E-state index in [1.165, 1.54) is 24.6 Å². The molecule has 130 valence electrons. The third-order valence-corrected chi connectivity index (χ3v) is 4.25. The fraction of sp³-hybridized carbons (Fsp3) is 0.105. The van der Waals surface area contributed by atoms with E-state index < -0.39 is 5.91 Å². The van der Waals surface area contributed by atoms with Crippen LogP contribution in [0.25, 0.3) is 0 Å². The smallest absolute Gasteiger partial charge is 0.291 e. The minimum atomic E-state index is -0.447. The van der Waals surface area contributed by atoms with E-state index in [2.05, 4.69) is 10.3 Å². The Bertz CT molecular complexity index is 1030. The van der Waals surface area contributed by atoms with Crippen LogP contribution in [-0.4, -0.2) is 16.8 Å². The Kier molecular flexibility index (Phi) is 3.89. The number of nitrogens with one attached hydrogen (secondary N) is 2. The van der Waals surface area contributed by atoms with Crippen LogP contribution in [0.5, 0.6) is 0 Å². The van der Waals surface area contributed by atoms with E-state index in [1.54, 1.807) is 11.0 Å². The number of anilines is 2. The number of benzene rings is 1. The van der Waals surface area contributed by atoms with E-state index in [-0.39, 0.29) is 23.8 Å². The average Bonchev–Trinajstić information content (AvgIpc) is 3.22. The molecular weight excluding hydrogens is 334 g/mol. The van der Waals surface area contributed by atoms with Gasteiger partial charge in [-0.05, 0) is 23.8 Å². The number of pyridine rings is 1. The molecule has 3 aromatic rings. The lowest BCUT2D eigenvalue weighted by molar-refractivity contribution is -0.117. The Morgan fingerprint density at radius 2 is 2.00 bits per heavy atom. The summed E-state index contributed by atoms with van der Waals surface area (Å²) < 4.78 is 5.33. The van der Waals surface area contributed by atoms with Gasteiger partial charge in [0.25, 0.3) is 5.91 Å². The number of rotatable bonds is 4. The highest BCUT2D eigenvalue weighted by Gasteiger charge is 2.28. The van der Waals surface area contributed by atoms with Crippen molar-refractivity contribution in [3.8, 4) is 0 Å². The predicted molar refractivity (Wildman–Crippen MR) is 95.1 cm³/mol. The quantitative estimate of drug-likeness (QED) is 0.755. The summed E-state index contributed by atoms with van der Waals surface area (Å²) in [6.07, 6.45) is 3.18. The van der Waals surface area contributed by atoms with Crippen LogP contribution >= 0.6 is 0 Å². The number of carbonyl (C=O) groups excluding carboxylic acids is 2. The van der Waals surface area contributed by atoms with Crippen molar-refractivity contribution in [2.24, 2.45) is 0 Å². The summed E-state index contributed by atoms with van der Waals surface area (Å²) in [6, 6.07) is 12.1. The third kappa shape index (κ3) is 2.90. The summed E-state index contributed by atoms with van der Waals surface area (Å²) in [4.78, 5) is 40.0. The Morgan fingerprint density at radius 1 is 1.15 bits per heavy atom. The van der Waals surface area contributed by atoms with Gasteiger partial charge in [-0.2, -0.15) is 0 Å². The number of hydrogen-bond donors (Lipinski definition) is 2. The van der Waals surface area contributed by atoms with Crippen LogP contribution in [0.15, 0.2) is 64.1 Å². The number of aromatic amines is 1. The van der Waals surface area contributed by atoms with Gasteiger partial charge < -0.3 is 19.6 Å². The Hall–Kier alpha value is -3.61. The normalized spacial score (nSPS) is 12.9. The van der Waals surface area contributed by atoms with Gasteiger partial charge in [0.15, 0.2) is 5.76 Å². The van der Waals surface area contributed by atoms with Crippen LogP contribution in [0.4, 0.5) is 11.4 Å². The zero-order chi connectivity index (χ0) is 18.1. The third-order valence-electron chi connectivity index (χ3n) is 4.25. The highest BCUT2D eigenvalue weighted by atomic mass is 16.3. The summed E-state index contributed by atoms with van der Waals surface area (Å²) in [5, 5.41) is 2.66. The molecular formula is C19H15N3O4. The van der Waals surface area contributed by atoms with E-state index in [0.29, 0.717) is 17.7 Å². The van der Waals surface area contributed by atoms with Crippen molar-refractivity contribution < 1.29 is 14.0 Å². The zero-order valence-corrected chi connectivity index (χ0v) is 13.7.